The molecule has 0 saturated heterocycles. The fraction of sp³-hybridized carbons (Fsp3) is 0.0714. The Balaban J connectivity index is 1.34. The second-order valence-corrected chi connectivity index (χ2v) is 9.45. The molecule has 0 radical (unpaired) electrons. The summed E-state index contributed by atoms with van der Waals surface area (Å²) < 4.78 is 18.6. The first-order valence-electron chi connectivity index (χ1n) is 11.2. The van der Waals surface area contributed by atoms with Gasteiger partial charge in [-0.1, -0.05) is 41.9 Å². The normalized spacial score (nSPS) is 10.9. The lowest BCUT2D eigenvalue weighted by Gasteiger charge is -2.14. The highest BCUT2D eigenvalue weighted by atomic mass is 35.5. The van der Waals surface area contributed by atoms with Crippen LogP contribution in [0.2, 0.25) is 5.02 Å². The van der Waals surface area contributed by atoms with E-state index in [1.807, 2.05) is 30.3 Å². The van der Waals surface area contributed by atoms with E-state index < -0.39 is 18.5 Å². The lowest BCUT2D eigenvalue weighted by atomic mass is 9.98. The number of carbonyl (C=O) groups is 2. The summed E-state index contributed by atoms with van der Waals surface area (Å²) >= 11 is 7.39. The number of anilines is 1. The third-order valence-corrected chi connectivity index (χ3v) is 6.66. The van der Waals surface area contributed by atoms with Crippen LogP contribution in [0.1, 0.15) is 15.9 Å². The molecule has 0 unspecified atom stereocenters. The Morgan fingerprint density at radius 3 is 2.57 bits per heavy atom. The highest BCUT2D eigenvalue weighted by molar-refractivity contribution is 7.14. The molecule has 0 aliphatic heterocycles. The second-order valence-electron chi connectivity index (χ2n) is 8.16. The summed E-state index contributed by atoms with van der Waals surface area (Å²) in [6.45, 7) is 1.30. The zero-order valence-corrected chi connectivity index (χ0v) is 21.1. The number of rotatable bonds is 6. The maximum Gasteiger partial charge on any atom is 0.339 e. The smallest absolute Gasteiger partial charge is 0.339 e. The molecule has 0 bridgehead atoms. The molecule has 0 saturated carbocycles. The number of hydrogen-bond acceptors (Lipinski definition) is 6. The summed E-state index contributed by atoms with van der Waals surface area (Å²) in [5.74, 6) is -1.51. The Labute approximate surface area is 220 Å². The van der Waals surface area contributed by atoms with Crippen molar-refractivity contribution >= 4 is 50.8 Å². The number of thiazole rings is 1. The molecule has 0 aliphatic rings. The number of nitrogens with zero attached hydrogens (tertiary/aromatic N) is 2. The third kappa shape index (κ3) is 5.35. The van der Waals surface area contributed by atoms with Gasteiger partial charge in [0.2, 0.25) is 0 Å². The molecule has 6 nitrogen and oxygen atoms in total. The average Bonchev–Trinajstić information content (AvgIpc) is 3.35. The fourth-order valence-electron chi connectivity index (χ4n) is 3.93. The molecular formula is C28H19ClFN3O3S. The number of ether oxygens (including phenoxy) is 1. The summed E-state index contributed by atoms with van der Waals surface area (Å²) in [7, 11) is 0. The standard InChI is InChI=1S/C28H19ClFN3O3S/c1-16-25(21-7-2-3-8-22(21)31-26(16)18-5-4-6-19(29)13-18)27(35)36-14-24(34)33-28-32-23(15-37-28)17-9-11-20(30)12-10-17/h2-13,15H,14H2,1H3,(H,32,33,34). The lowest BCUT2D eigenvalue weighted by molar-refractivity contribution is -0.119. The van der Waals surface area contributed by atoms with Gasteiger partial charge in [0.1, 0.15) is 5.82 Å². The van der Waals surface area contributed by atoms with Gasteiger partial charge in [-0.2, -0.15) is 0 Å². The SMILES string of the molecule is Cc1c(-c2cccc(Cl)c2)nc2ccccc2c1C(=O)OCC(=O)Nc1nc(-c2ccc(F)cc2)cs1. The van der Waals surface area contributed by atoms with Gasteiger partial charge in [-0.3, -0.25) is 10.1 Å². The van der Waals surface area contributed by atoms with Gasteiger partial charge in [-0.15, -0.1) is 11.3 Å². The summed E-state index contributed by atoms with van der Waals surface area (Å²) in [6.07, 6.45) is 0. The summed E-state index contributed by atoms with van der Waals surface area (Å²) in [5, 5.41) is 5.90. The Morgan fingerprint density at radius 1 is 1.00 bits per heavy atom. The molecule has 9 heteroatoms. The number of halogens is 2. The fourth-order valence-corrected chi connectivity index (χ4v) is 4.86. The largest absolute Gasteiger partial charge is 0.452 e. The zero-order valence-electron chi connectivity index (χ0n) is 19.5. The van der Waals surface area contributed by atoms with E-state index in [4.69, 9.17) is 21.3 Å². The predicted molar refractivity (Wildman–Crippen MR) is 143 cm³/mol. The van der Waals surface area contributed by atoms with Crippen molar-refractivity contribution in [3.8, 4) is 22.5 Å². The molecule has 2 aromatic heterocycles. The van der Waals surface area contributed by atoms with Crippen LogP contribution < -0.4 is 5.32 Å². The van der Waals surface area contributed by atoms with Gasteiger partial charge < -0.3 is 4.74 Å². The van der Waals surface area contributed by atoms with E-state index in [1.165, 1.54) is 23.5 Å². The zero-order chi connectivity index (χ0) is 25.9. The average molecular weight is 532 g/mol. The van der Waals surface area contributed by atoms with Crippen molar-refractivity contribution in [2.45, 2.75) is 6.92 Å². The molecule has 0 fully saturated rings. The van der Waals surface area contributed by atoms with Gasteiger partial charge in [0.05, 0.1) is 22.5 Å². The number of amides is 1. The summed E-state index contributed by atoms with van der Waals surface area (Å²) in [6, 6.07) is 20.4. The Morgan fingerprint density at radius 2 is 1.78 bits per heavy atom. The van der Waals surface area contributed by atoms with E-state index in [0.29, 0.717) is 43.6 Å². The minimum Gasteiger partial charge on any atom is -0.452 e. The number of esters is 1. The molecule has 0 atom stereocenters. The van der Waals surface area contributed by atoms with Crippen LogP contribution in [0.4, 0.5) is 9.52 Å². The third-order valence-electron chi connectivity index (χ3n) is 5.66. The molecule has 5 rings (SSSR count). The highest BCUT2D eigenvalue weighted by Gasteiger charge is 2.21. The van der Waals surface area contributed by atoms with Crippen molar-refractivity contribution in [3.63, 3.8) is 0 Å². The molecule has 3 aromatic carbocycles. The first-order chi connectivity index (χ1) is 17.9. The number of benzene rings is 3. The van der Waals surface area contributed by atoms with Crippen LogP contribution in [-0.2, 0) is 9.53 Å². The molecule has 1 N–H and O–H groups in total. The number of fused-ring (bicyclic) bond motifs is 1. The van der Waals surface area contributed by atoms with Crippen LogP contribution in [-0.4, -0.2) is 28.5 Å². The van der Waals surface area contributed by atoms with Gasteiger partial charge in [0.25, 0.3) is 5.91 Å². The van der Waals surface area contributed by atoms with Crippen LogP contribution in [0.25, 0.3) is 33.4 Å². The van der Waals surface area contributed by atoms with Crippen LogP contribution in [0, 0.1) is 12.7 Å². The van der Waals surface area contributed by atoms with E-state index in [0.717, 1.165) is 11.1 Å². The van der Waals surface area contributed by atoms with Crippen molar-refractivity contribution in [2.24, 2.45) is 0 Å². The van der Waals surface area contributed by atoms with Crippen LogP contribution in [0.15, 0.2) is 78.2 Å². The van der Waals surface area contributed by atoms with Gasteiger partial charge in [0, 0.05) is 26.9 Å². The first kappa shape index (κ1) is 24.5. The molecule has 1 amide bonds. The van der Waals surface area contributed by atoms with Gasteiger partial charge in [-0.05, 0) is 55.0 Å². The number of pyridine rings is 1. The molecule has 5 aromatic rings. The number of aromatic nitrogens is 2. The van der Waals surface area contributed by atoms with Crippen LogP contribution in [0.5, 0.6) is 0 Å². The monoisotopic (exact) mass is 531 g/mol. The molecule has 0 spiro atoms. The Hall–Kier alpha value is -4.14. The van der Waals surface area contributed by atoms with Crippen LogP contribution in [0.3, 0.4) is 0 Å². The number of nitrogens with one attached hydrogen (secondary N) is 1. The van der Waals surface area contributed by atoms with E-state index in [-0.39, 0.29) is 5.82 Å². The second kappa shape index (κ2) is 10.5. The van der Waals surface area contributed by atoms with Crippen molar-refractivity contribution in [1.29, 1.82) is 0 Å². The van der Waals surface area contributed by atoms with Crippen LogP contribution >= 0.6 is 22.9 Å². The highest BCUT2D eigenvalue weighted by Crippen LogP contribution is 2.31. The molecule has 37 heavy (non-hydrogen) atoms. The Kier molecular flexibility index (Phi) is 6.94. The van der Waals surface area contributed by atoms with E-state index >= 15 is 0 Å². The molecule has 0 aliphatic carbocycles. The molecular weight excluding hydrogens is 513 g/mol. The minimum absolute atomic E-state index is 0.334. The maximum absolute atomic E-state index is 13.2. The van der Waals surface area contributed by atoms with E-state index in [9.17, 15) is 14.0 Å². The van der Waals surface area contributed by atoms with Crippen molar-refractivity contribution in [3.05, 3.63) is 100 Å². The lowest BCUT2D eigenvalue weighted by Crippen LogP contribution is -2.21. The molecule has 2 heterocycles. The van der Waals surface area contributed by atoms with E-state index in [1.54, 1.807) is 42.6 Å². The first-order valence-corrected chi connectivity index (χ1v) is 12.5. The Bertz CT molecular complexity index is 1640. The number of hydrogen-bond donors (Lipinski definition) is 1. The van der Waals surface area contributed by atoms with Crippen molar-refractivity contribution in [1.82, 2.24) is 9.97 Å². The minimum atomic E-state index is -0.638. The molecule has 184 valence electrons. The van der Waals surface area contributed by atoms with Crippen molar-refractivity contribution in [2.75, 3.05) is 11.9 Å². The van der Waals surface area contributed by atoms with Gasteiger partial charge >= 0.3 is 5.97 Å². The van der Waals surface area contributed by atoms with E-state index in [2.05, 4.69) is 10.3 Å². The number of carbonyl (C=O) groups excluding carboxylic acids is 2. The predicted octanol–water partition coefficient (Wildman–Crippen LogP) is 6.92. The maximum atomic E-state index is 13.2. The van der Waals surface area contributed by atoms with Gasteiger partial charge in [0.15, 0.2) is 11.7 Å². The topological polar surface area (TPSA) is 81.2 Å². The summed E-state index contributed by atoms with van der Waals surface area (Å²) in [4.78, 5) is 34.8. The van der Waals surface area contributed by atoms with Gasteiger partial charge in [-0.25, -0.2) is 19.2 Å². The quantitative estimate of drug-likeness (QED) is 0.240. The van der Waals surface area contributed by atoms with Crippen molar-refractivity contribution < 1.29 is 18.7 Å². The number of para-hydroxylation sites is 1. The summed E-state index contributed by atoms with van der Waals surface area (Å²) in [5.41, 5.74) is 4.27.